The van der Waals surface area contributed by atoms with Gasteiger partial charge in [0.05, 0.1) is 0 Å². The molecule has 2 heterocycles. The monoisotopic (exact) mass is 213 g/mol. The van der Waals surface area contributed by atoms with Crippen LogP contribution in [0.3, 0.4) is 0 Å². The summed E-state index contributed by atoms with van der Waals surface area (Å²) in [4.78, 5) is 4.02. The molecule has 4 heteroatoms. The standard InChI is InChI=1S/C10H15N3.ClH/c11-7-10(3-6-13-8-10)9-1-4-12-5-2-9;/h1-2,4-5,13H,3,6-8,11H2;1H. The van der Waals surface area contributed by atoms with Crippen LogP contribution in [0.4, 0.5) is 0 Å². The lowest BCUT2D eigenvalue weighted by atomic mass is 9.80. The maximum absolute atomic E-state index is 5.84. The van der Waals surface area contributed by atoms with Crippen molar-refractivity contribution >= 4 is 12.4 Å². The van der Waals surface area contributed by atoms with Crippen LogP contribution >= 0.6 is 12.4 Å². The molecule has 78 valence electrons. The molecule has 1 fully saturated rings. The predicted molar refractivity (Wildman–Crippen MR) is 59.7 cm³/mol. The number of hydrogen-bond donors (Lipinski definition) is 2. The molecule has 1 aliphatic rings. The molecule has 3 N–H and O–H groups in total. The summed E-state index contributed by atoms with van der Waals surface area (Å²) < 4.78 is 0. The first-order valence-electron chi connectivity index (χ1n) is 4.69. The van der Waals surface area contributed by atoms with E-state index in [-0.39, 0.29) is 17.8 Å². The first-order chi connectivity index (χ1) is 6.37. The molecule has 1 aromatic rings. The maximum Gasteiger partial charge on any atom is 0.0270 e. The number of nitrogens with zero attached hydrogens (tertiary/aromatic N) is 1. The van der Waals surface area contributed by atoms with Crippen molar-refractivity contribution in [2.45, 2.75) is 11.8 Å². The number of aromatic nitrogens is 1. The Balaban J connectivity index is 0.000000980. The van der Waals surface area contributed by atoms with E-state index in [2.05, 4.69) is 22.4 Å². The van der Waals surface area contributed by atoms with Gasteiger partial charge in [0.2, 0.25) is 0 Å². The van der Waals surface area contributed by atoms with Crippen LogP contribution in [-0.4, -0.2) is 24.6 Å². The molecule has 0 spiro atoms. The van der Waals surface area contributed by atoms with Crippen molar-refractivity contribution in [3.63, 3.8) is 0 Å². The number of pyridine rings is 1. The molecule has 0 radical (unpaired) electrons. The van der Waals surface area contributed by atoms with Crippen LogP contribution in [-0.2, 0) is 5.41 Å². The summed E-state index contributed by atoms with van der Waals surface area (Å²) in [6.45, 7) is 2.77. The molecule has 14 heavy (non-hydrogen) atoms. The van der Waals surface area contributed by atoms with E-state index in [1.807, 2.05) is 12.4 Å². The lowest BCUT2D eigenvalue weighted by Gasteiger charge is -2.26. The van der Waals surface area contributed by atoms with Crippen molar-refractivity contribution in [2.24, 2.45) is 5.73 Å². The summed E-state index contributed by atoms with van der Waals surface area (Å²) in [6.07, 6.45) is 4.81. The van der Waals surface area contributed by atoms with Crippen molar-refractivity contribution in [2.75, 3.05) is 19.6 Å². The van der Waals surface area contributed by atoms with Gasteiger partial charge in [-0.25, -0.2) is 0 Å². The highest BCUT2D eigenvalue weighted by molar-refractivity contribution is 5.85. The zero-order chi connectivity index (χ0) is 9.15. The number of nitrogens with one attached hydrogen (secondary N) is 1. The minimum Gasteiger partial charge on any atom is -0.330 e. The smallest absolute Gasteiger partial charge is 0.0270 e. The van der Waals surface area contributed by atoms with E-state index in [0.717, 1.165) is 19.5 Å². The van der Waals surface area contributed by atoms with Crippen molar-refractivity contribution in [1.82, 2.24) is 10.3 Å². The van der Waals surface area contributed by atoms with Crippen LogP contribution < -0.4 is 11.1 Å². The van der Waals surface area contributed by atoms with Gasteiger partial charge >= 0.3 is 0 Å². The van der Waals surface area contributed by atoms with Crippen LogP contribution in [0.2, 0.25) is 0 Å². The molecule has 2 rings (SSSR count). The van der Waals surface area contributed by atoms with Gasteiger partial charge < -0.3 is 11.1 Å². The normalized spacial score (nSPS) is 25.8. The predicted octanol–water partition coefficient (Wildman–Crippen LogP) is 0.693. The molecular weight excluding hydrogens is 198 g/mol. The zero-order valence-corrected chi connectivity index (χ0v) is 8.89. The first kappa shape index (κ1) is 11.4. The number of rotatable bonds is 2. The molecule has 0 saturated carbocycles. The summed E-state index contributed by atoms with van der Waals surface area (Å²) >= 11 is 0. The van der Waals surface area contributed by atoms with Gasteiger partial charge in [-0.05, 0) is 30.7 Å². The summed E-state index contributed by atoms with van der Waals surface area (Å²) in [5, 5.41) is 3.36. The average Bonchev–Trinajstić information content (AvgIpc) is 2.69. The summed E-state index contributed by atoms with van der Waals surface area (Å²) in [5.74, 6) is 0. The molecule has 0 amide bonds. The van der Waals surface area contributed by atoms with Gasteiger partial charge in [-0.3, -0.25) is 4.98 Å². The summed E-state index contributed by atoms with van der Waals surface area (Å²) in [6, 6.07) is 4.14. The van der Waals surface area contributed by atoms with Crippen LogP contribution in [0.25, 0.3) is 0 Å². The average molecular weight is 214 g/mol. The molecule has 1 atom stereocenters. The van der Waals surface area contributed by atoms with E-state index in [4.69, 9.17) is 5.73 Å². The van der Waals surface area contributed by atoms with E-state index in [0.29, 0.717) is 6.54 Å². The Kier molecular flexibility index (Phi) is 3.86. The SMILES string of the molecule is Cl.NCC1(c2ccncc2)CCNC1. The highest BCUT2D eigenvalue weighted by Crippen LogP contribution is 2.28. The molecule has 0 aliphatic carbocycles. The molecule has 0 bridgehead atoms. The Morgan fingerprint density at radius 3 is 2.64 bits per heavy atom. The second-order valence-corrected chi connectivity index (χ2v) is 3.65. The van der Waals surface area contributed by atoms with Gasteiger partial charge in [-0.2, -0.15) is 0 Å². The van der Waals surface area contributed by atoms with Gasteiger partial charge in [0.1, 0.15) is 0 Å². The van der Waals surface area contributed by atoms with Crippen LogP contribution in [0.15, 0.2) is 24.5 Å². The molecule has 1 aliphatic heterocycles. The summed E-state index contributed by atoms with van der Waals surface area (Å²) in [5.41, 5.74) is 7.31. The van der Waals surface area contributed by atoms with Gasteiger partial charge in [0.25, 0.3) is 0 Å². The Morgan fingerprint density at radius 1 is 1.43 bits per heavy atom. The van der Waals surface area contributed by atoms with Crippen molar-refractivity contribution < 1.29 is 0 Å². The maximum atomic E-state index is 5.84. The van der Waals surface area contributed by atoms with Crippen molar-refractivity contribution in [1.29, 1.82) is 0 Å². The fourth-order valence-corrected chi connectivity index (χ4v) is 1.99. The first-order valence-corrected chi connectivity index (χ1v) is 4.69. The number of hydrogen-bond acceptors (Lipinski definition) is 3. The topological polar surface area (TPSA) is 50.9 Å². The van der Waals surface area contributed by atoms with E-state index in [9.17, 15) is 0 Å². The largest absolute Gasteiger partial charge is 0.330 e. The Bertz CT molecular complexity index is 270. The minimum absolute atomic E-state index is 0. The fraction of sp³-hybridized carbons (Fsp3) is 0.500. The summed E-state index contributed by atoms with van der Waals surface area (Å²) in [7, 11) is 0. The lowest BCUT2D eigenvalue weighted by Crippen LogP contribution is -2.37. The molecule has 3 nitrogen and oxygen atoms in total. The Morgan fingerprint density at radius 2 is 2.14 bits per heavy atom. The van der Waals surface area contributed by atoms with Gasteiger partial charge in [0, 0.05) is 30.9 Å². The second-order valence-electron chi connectivity index (χ2n) is 3.65. The van der Waals surface area contributed by atoms with Crippen molar-refractivity contribution in [3.05, 3.63) is 30.1 Å². The Hall–Kier alpha value is -0.640. The molecule has 0 aromatic carbocycles. The number of halogens is 1. The number of nitrogens with two attached hydrogens (primary N) is 1. The third kappa shape index (κ3) is 1.90. The highest BCUT2D eigenvalue weighted by Gasteiger charge is 2.33. The van der Waals surface area contributed by atoms with E-state index in [1.165, 1.54) is 5.56 Å². The second kappa shape index (κ2) is 4.73. The molecule has 1 aromatic heterocycles. The van der Waals surface area contributed by atoms with Crippen LogP contribution in [0.1, 0.15) is 12.0 Å². The zero-order valence-electron chi connectivity index (χ0n) is 8.07. The van der Waals surface area contributed by atoms with E-state index < -0.39 is 0 Å². The lowest BCUT2D eigenvalue weighted by molar-refractivity contribution is 0.483. The van der Waals surface area contributed by atoms with Crippen LogP contribution in [0.5, 0.6) is 0 Å². The quantitative estimate of drug-likeness (QED) is 0.760. The van der Waals surface area contributed by atoms with Crippen LogP contribution in [0, 0.1) is 0 Å². The fourth-order valence-electron chi connectivity index (χ4n) is 1.99. The van der Waals surface area contributed by atoms with Gasteiger partial charge in [-0.1, -0.05) is 0 Å². The molecule has 1 saturated heterocycles. The van der Waals surface area contributed by atoms with Gasteiger partial charge in [0.15, 0.2) is 0 Å². The molecular formula is C10H16ClN3. The third-order valence-electron chi connectivity index (χ3n) is 2.93. The molecule has 1 unspecified atom stereocenters. The van der Waals surface area contributed by atoms with Crippen molar-refractivity contribution in [3.8, 4) is 0 Å². The highest BCUT2D eigenvalue weighted by atomic mass is 35.5. The van der Waals surface area contributed by atoms with E-state index in [1.54, 1.807) is 0 Å². The Labute approximate surface area is 90.5 Å². The third-order valence-corrected chi connectivity index (χ3v) is 2.93. The minimum atomic E-state index is 0. The van der Waals surface area contributed by atoms with Gasteiger partial charge in [-0.15, -0.1) is 12.4 Å². The van der Waals surface area contributed by atoms with E-state index >= 15 is 0 Å².